The molecule has 0 aliphatic carbocycles. The van der Waals surface area contributed by atoms with Gasteiger partial charge in [0.25, 0.3) is 0 Å². The lowest BCUT2D eigenvalue weighted by atomic mass is 10.1. The van der Waals surface area contributed by atoms with E-state index in [1.807, 2.05) is 0 Å². The van der Waals surface area contributed by atoms with Gasteiger partial charge in [0.15, 0.2) is 0 Å². The van der Waals surface area contributed by atoms with Gasteiger partial charge < -0.3 is 15.5 Å². The van der Waals surface area contributed by atoms with Crippen LogP contribution in [0.4, 0.5) is 10.1 Å². The summed E-state index contributed by atoms with van der Waals surface area (Å²) >= 11 is 0. The van der Waals surface area contributed by atoms with Crippen molar-refractivity contribution in [3.63, 3.8) is 0 Å². The number of halogens is 1. The van der Waals surface area contributed by atoms with Crippen molar-refractivity contribution in [2.45, 2.75) is 19.8 Å². The molecule has 2 rings (SSSR count). The molecule has 2 amide bonds. The number of carbonyl (C=O) groups is 2. The van der Waals surface area contributed by atoms with E-state index in [0.29, 0.717) is 31.1 Å². The highest BCUT2D eigenvalue weighted by Crippen LogP contribution is 2.16. The summed E-state index contributed by atoms with van der Waals surface area (Å²) in [5.41, 5.74) is 0.608. The number of amides is 2. The summed E-state index contributed by atoms with van der Waals surface area (Å²) in [5, 5.41) is 5.59. The third-order valence-corrected chi connectivity index (χ3v) is 3.79. The van der Waals surface area contributed by atoms with E-state index in [-0.39, 0.29) is 17.6 Å². The molecular formula is C16H22FN3O2. The molecule has 22 heavy (non-hydrogen) atoms. The number of nitrogens with zero attached hydrogens (tertiary/aromatic N) is 1. The number of anilines is 1. The molecule has 0 radical (unpaired) electrons. The standard InChI is InChI=1S/C16H22FN3O2/c1-12(21)18-10-13-6-8-20(11-13)9-7-16(22)19-15-4-2-14(17)3-5-15/h2-5,13H,6-11H2,1H3,(H,18,21)(H,19,22)/t13-/m1/s1. The van der Waals surface area contributed by atoms with Crippen LogP contribution in [0.5, 0.6) is 0 Å². The minimum atomic E-state index is -0.319. The molecule has 0 bridgehead atoms. The Morgan fingerprint density at radius 3 is 2.73 bits per heavy atom. The van der Waals surface area contributed by atoms with Crippen molar-refractivity contribution in [1.29, 1.82) is 0 Å². The Bertz CT molecular complexity index is 519. The molecule has 0 spiro atoms. The second-order valence-corrected chi connectivity index (χ2v) is 5.70. The Labute approximate surface area is 129 Å². The van der Waals surface area contributed by atoms with Crippen molar-refractivity contribution in [3.8, 4) is 0 Å². The lowest BCUT2D eigenvalue weighted by Crippen LogP contribution is -2.30. The normalized spacial score (nSPS) is 18.2. The summed E-state index contributed by atoms with van der Waals surface area (Å²) in [6.45, 7) is 4.78. The first-order valence-corrected chi connectivity index (χ1v) is 7.55. The van der Waals surface area contributed by atoms with Crippen LogP contribution in [-0.2, 0) is 9.59 Å². The number of carbonyl (C=O) groups excluding carboxylic acids is 2. The third kappa shape index (κ3) is 5.44. The maximum Gasteiger partial charge on any atom is 0.225 e. The number of nitrogens with one attached hydrogen (secondary N) is 2. The van der Waals surface area contributed by atoms with Crippen molar-refractivity contribution in [3.05, 3.63) is 30.1 Å². The zero-order valence-corrected chi connectivity index (χ0v) is 12.8. The van der Waals surface area contributed by atoms with E-state index in [4.69, 9.17) is 0 Å². The zero-order chi connectivity index (χ0) is 15.9. The van der Waals surface area contributed by atoms with Gasteiger partial charge in [-0.3, -0.25) is 9.59 Å². The van der Waals surface area contributed by atoms with E-state index in [0.717, 1.165) is 19.5 Å². The Morgan fingerprint density at radius 2 is 2.05 bits per heavy atom. The molecule has 1 aromatic rings. The van der Waals surface area contributed by atoms with E-state index >= 15 is 0 Å². The first-order valence-electron chi connectivity index (χ1n) is 7.55. The zero-order valence-electron chi connectivity index (χ0n) is 12.8. The van der Waals surface area contributed by atoms with Crippen molar-refractivity contribution in [1.82, 2.24) is 10.2 Å². The fourth-order valence-corrected chi connectivity index (χ4v) is 2.59. The summed E-state index contributed by atoms with van der Waals surface area (Å²) < 4.78 is 12.8. The molecule has 1 aliphatic rings. The SMILES string of the molecule is CC(=O)NC[C@H]1CCN(CCC(=O)Nc2ccc(F)cc2)C1. The molecule has 1 aliphatic heterocycles. The Hall–Kier alpha value is -1.95. The quantitative estimate of drug-likeness (QED) is 0.839. The van der Waals surface area contributed by atoms with Crippen LogP contribution in [0.15, 0.2) is 24.3 Å². The summed E-state index contributed by atoms with van der Waals surface area (Å²) in [4.78, 5) is 25.0. The van der Waals surface area contributed by atoms with Crippen LogP contribution in [0.1, 0.15) is 19.8 Å². The van der Waals surface area contributed by atoms with Gasteiger partial charge in [0.05, 0.1) is 0 Å². The van der Waals surface area contributed by atoms with Crippen LogP contribution in [0.3, 0.4) is 0 Å². The molecule has 1 saturated heterocycles. The van der Waals surface area contributed by atoms with E-state index in [2.05, 4.69) is 15.5 Å². The van der Waals surface area contributed by atoms with Crippen LogP contribution < -0.4 is 10.6 Å². The fraction of sp³-hybridized carbons (Fsp3) is 0.500. The second kappa shape index (κ2) is 7.89. The summed E-state index contributed by atoms with van der Waals surface area (Å²) in [7, 11) is 0. The highest BCUT2D eigenvalue weighted by Gasteiger charge is 2.22. The van der Waals surface area contributed by atoms with E-state index in [1.54, 1.807) is 12.1 Å². The minimum Gasteiger partial charge on any atom is -0.356 e. The Balaban J connectivity index is 1.66. The Kier molecular flexibility index (Phi) is 5.89. The van der Waals surface area contributed by atoms with Crippen molar-refractivity contribution < 1.29 is 14.0 Å². The van der Waals surface area contributed by atoms with E-state index < -0.39 is 0 Å². The van der Waals surface area contributed by atoms with Gasteiger partial charge in [0.1, 0.15) is 5.82 Å². The summed E-state index contributed by atoms with van der Waals surface area (Å²) in [5.74, 6) is 0.0679. The summed E-state index contributed by atoms with van der Waals surface area (Å²) in [6.07, 6.45) is 1.45. The van der Waals surface area contributed by atoms with Gasteiger partial charge in [0, 0.05) is 38.7 Å². The van der Waals surface area contributed by atoms with Crippen molar-refractivity contribution >= 4 is 17.5 Å². The van der Waals surface area contributed by atoms with Crippen LogP contribution in [-0.4, -0.2) is 42.9 Å². The maximum atomic E-state index is 12.8. The van der Waals surface area contributed by atoms with Crippen molar-refractivity contribution in [2.24, 2.45) is 5.92 Å². The highest BCUT2D eigenvalue weighted by atomic mass is 19.1. The lowest BCUT2D eigenvalue weighted by molar-refractivity contribution is -0.119. The lowest BCUT2D eigenvalue weighted by Gasteiger charge is -2.16. The molecule has 1 fully saturated rings. The van der Waals surface area contributed by atoms with Crippen LogP contribution in [0.25, 0.3) is 0 Å². The van der Waals surface area contributed by atoms with Gasteiger partial charge in [-0.25, -0.2) is 4.39 Å². The average molecular weight is 307 g/mol. The fourth-order valence-electron chi connectivity index (χ4n) is 2.59. The largest absolute Gasteiger partial charge is 0.356 e. The second-order valence-electron chi connectivity index (χ2n) is 5.70. The van der Waals surface area contributed by atoms with Gasteiger partial charge in [-0.05, 0) is 43.1 Å². The van der Waals surface area contributed by atoms with Gasteiger partial charge in [0.2, 0.25) is 11.8 Å². The number of rotatable bonds is 6. The third-order valence-electron chi connectivity index (χ3n) is 3.79. The van der Waals surface area contributed by atoms with E-state index in [9.17, 15) is 14.0 Å². The average Bonchev–Trinajstić information content (AvgIpc) is 2.93. The summed E-state index contributed by atoms with van der Waals surface area (Å²) in [6, 6.07) is 5.74. The molecule has 0 unspecified atom stereocenters. The molecule has 0 saturated carbocycles. The number of hydrogen-bond donors (Lipinski definition) is 2. The molecule has 6 heteroatoms. The molecule has 1 atom stereocenters. The smallest absolute Gasteiger partial charge is 0.225 e. The Morgan fingerprint density at radius 1 is 1.32 bits per heavy atom. The van der Waals surface area contributed by atoms with Crippen LogP contribution in [0.2, 0.25) is 0 Å². The first kappa shape index (κ1) is 16.4. The number of likely N-dealkylation sites (tertiary alicyclic amines) is 1. The van der Waals surface area contributed by atoms with Crippen molar-refractivity contribution in [2.75, 3.05) is 31.5 Å². The van der Waals surface area contributed by atoms with Crippen LogP contribution in [0, 0.1) is 11.7 Å². The number of benzene rings is 1. The molecular weight excluding hydrogens is 285 g/mol. The molecule has 2 N–H and O–H groups in total. The predicted molar refractivity (Wildman–Crippen MR) is 82.9 cm³/mol. The topological polar surface area (TPSA) is 61.4 Å². The predicted octanol–water partition coefficient (Wildman–Crippen LogP) is 1.61. The monoisotopic (exact) mass is 307 g/mol. The molecule has 0 aromatic heterocycles. The van der Waals surface area contributed by atoms with Crippen LogP contribution >= 0.6 is 0 Å². The molecule has 120 valence electrons. The number of hydrogen-bond acceptors (Lipinski definition) is 3. The highest BCUT2D eigenvalue weighted by molar-refractivity contribution is 5.90. The van der Waals surface area contributed by atoms with E-state index in [1.165, 1.54) is 19.1 Å². The van der Waals surface area contributed by atoms with Gasteiger partial charge in [-0.2, -0.15) is 0 Å². The minimum absolute atomic E-state index is 0.00266. The van der Waals surface area contributed by atoms with Gasteiger partial charge in [-0.15, -0.1) is 0 Å². The first-order chi connectivity index (χ1) is 10.5. The molecule has 1 heterocycles. The molecule has 1 aromatic carbocycles. The van der Waals surface area contributed by atoms with Gasteiger partial charge >= 0.3 is 0 Å². The maximum absolute atomic E-state index is 12.8. The van der Waals surface area contributed by atoms with Gasteiger partial charge in [-0.1, -0.05) is 0 Å². The molecule has 5 nitrogen and oxygen atoms in total.